The quantitative estimate of drug-likeness (QED) is 0.723. The number of hydrogen-bond acceptors (Lipinski definition) is 5. The van der Waals surface area contributed by atoms with E-state index in [0.717, 1.165) is 13.0 Å². The van der Waals surface area contributed by atoms with Gasteiger partial charge in [-0.05, 0) is 12.5 Å². The Morgan fingerprint density at radius 2 is 2.16 bits per heavy atom. The van der Waals surface area contributed by atoms with E-state index in [1.807, 2.05) is 10.8 Å². The Kier molecular flexibility index (Phi) is 4.86. The summed E-state index contributed by atoms with van der Waals surface area (Å²) in [6.07, 6.45) is 9.32. The van der Waals surface area contributed by atoms with Crippen molar-refractivity contribution in [3.63, 3.8) is 0 Å². The van der Waals surface area contributed by atoms with E-state index < -0.39 is 0 Å². The van der Waals surface area contributed by atoms with Gasteiger partial charge >= 0.3 is 6.01 Å². The van der Waals surface area contributed by atoms with Gasteiger partial charge in [-0.2, -0.15) is 0 Å². The lowest BCUT2D eigenvalue weighted by atomic mass is 10.4. The van der Waals surface area contributed by atoms with Crippen LogP contribution in [0.4, 0.5) is 0 Å². The SMILES string of the molecule is O=C(COc1ncccn1)NCCCn1ccnc1. The van der Waals surface area contributed by atoms with Crippen LogP contribution in [0.15, 0.2) is 37.2 Å². The molecule has 0 atom stereocenters. The van der Waals surface area contributed by atoms with Crippen LogP contribution in [0.3, 0.4) is 0 Å². The number of nitrogens with zero attached hydrogens (tertiary/aromatic N) is 4. The van der Waals surface area contributed by atoms with Crippen LogP contribution in [0, 0.1) is 0 Å². The van der Waals surface area contributed by atoms with E-state index in [4.69, 9.17) is 4.74 Å². The monoisotopic (exact) mass is 261 g/mol. The summed E-state index contributed by atoms with van der Waals surface area (Å²) in [4.78, 5) is 23.1. The Morgan fingerprint density at radius 1 is 1.32 bits per heavy atom. The molecule has 0 spiro atoms. The van der Waals surface area contributed by atoms with E-state index in [2.05, 4.69) is 20.3 Å². The molecule has 0 unspecified atom stereocenters. The summed E-state index contributed by atoms with van der Waals surface area (Å²) < 4.78 is 7.08. The predicted octanol–water partition coefficient (Wildman–Crippen LogP) is 0.258. The average molecular weight is 261 g/mol. The number of nitrogens with one attached hydrogen (secondary N) is 1. The zero-order valence-electron chi connectivity index (χ0n) is 10.4. The van der Waals surface area contributed by atoms with Crippen LogP contribution < -0.4 is 10.1 Å². The molecule has 2 heterocycles. The molecule has 0 aliphatic heterocycles. The molecule has 7 heteroatoms. The van der Waals surface area contributed by atoms with E-state index in [9.17, 15) is 4.79 Å². The van der Waals surface area contributed by atoms with Gasteiger partial charge < -0.3 is 14.6 Å². The third kappa shape index (κ3) is 4.74. The van der Waals surface area contributed by atoms with Crippen molar-refractivity contribution in [2.75, 3.05) is 13.2 Å². The summed E-state index contributed by atoms with van der Waals surface area (Å²) in [6, 6.07) is 1.89. The fraction of sp³-hybridized carbons (Fsp3) is 0.333. The molecule has 0 bridgehead atoms. The standard InChI is InChI=1S/C12H15N5O2/c18-11(9-19-12-15-3-1-4-16-12)14-5-2-7-17-8-6-13-10-17/h1,3-4,6,8,10H,2,5,7,9H2,(H,14,18). The molecule has 1 N–H and O–H groups in total. The van der Waals surface area contributed by atoms with E-state index in [-0.39, 0.29) is 18.5 Å². The Hall–Kier alpha value is -2.44. The summed E-state index contributed by atoms with van der Waals surface area (Å²) in [5.41, 5.74) is 0. The second kappa shape index (κ2) is 7.10. The van der Waals surface area contributed by atoms with E-state index in [1.54, 1.807) is 31.0 Å². The Morgan fingerprint density at radius 3 is 2.89 bits per heavy atom. The average Bonchev–Trinajstić information content (AvgIpc) is 2.96. The molecule has 0 saturated heterocycles. The van der Waals surface area contributed by atoms with Crippen molar-refractivity contribution in [1.82, 2.24) is 24.8 Å². The third-order valence-electron chi connectivity index (χ3n) is 2.35. The van der Waals surface area contributed by atoms with Crippen molar-refractivity contribution in [2.24, 2.45) is 0 Å². The first-order valence-electron chi connectivity index (χ1n) is 5.97. The number of amides is 1. The van der Waals surface area contributed by atoms with Gasteiger partial charge in [0.15, 0.2) is 6.61 Å². The molecule has 1 amide bonds. The highest BCUT2D eigenvalue weighted by Crippen LogP contribution is 1.96. The summed E-state index contributed by atoms with van der Waals surface area (Å²) >= 11 is 0. The second-order valence-electron chi connectivity index (χ2n) is 3.82. The topological polar surface area (TPSA) is 81.9 Å². The van der Waals surface area contributed by atoms with Crippen LogP contribution in [-0.4, -0.2) is 38.6 Å². The molecular weight excluding hydrogens is 246 g/mol. The van der Waals surface area contributed by atoms with Crippen LogP contribution in [0.25, 0.3) is 0 Å². The second-order valence-corrected chi connectivity index (χ2v) is 3.82. The highest BCUT2D eigenvalue weighted by Gasteiger charge is 2.03. The van der Waals surface area contributed by atoms with Crippen LogP contribution in [0.5, 0.6) is 6.01 Å². The molecule has 0 aliphatic carbocycles. The van der Waals surface area contributed by atoms with Crippen molar-refractivity contribution in [2.45, 2.75) is 13.0 Å². The molecule has 19 heavy (non-hydrogen) atoms. The number of aryl methyl sites for hydroxylation is 1. The molecule has 0 aromatic carbocycles. The highest BCUT2D eigenvalue weighted by molar-refractivity contribution is 5.77. The summed E-state index contributed by atoms with van der Waals surface area (Å²) in [5.74, 6) is -0.182. The van der Waals surface area contributed by atoms with Crippen LogP contribution in [0.2, 0.25) is 0 Å². The molecular formula is C12H15N5O2. The van der Waals surface area contributed by atoms with Crippen molar-refractivity contribution >= 4 is 5.91 Å². The number of aromatic nitrogens is 4. The normalized spacial score (nSPS) is 10.1. The molecule has 0 saturated carbocycles. The molecule has 100 valence electrons. The molecule has 2 aromatic heterocycles. The van der Waals surface area contributed by atoms with Gasteiger partial charge in [0.1, 0.15) is 0 Å². The lowest BCUT2D eigenvalue weighted by Gasteiger charge is -2.06. The van der Waals surface area contributed by atoms with Crippen LogP contribution >= 0.6 is 0 Å². The predicted molar refractivity (Wildman–Crippen MR) is 67.4 cm³/mol. The van der Waals surface area contributed by atoms with E-state index in [0.29, 0.717) is 6.54 Å². The molecule has 0 fully saturated rings. The van der Waals surface area contributed by atoms with Crippen molar-refractivity contribution in [1.29, 1.82) is 0 Å². The minimum absolute atomic E-state index is 0.0743. The van der Waals surface area contributed by atoms with Gasteiger partial charge in [0, 0.05) is 37.9 Å². The Balaban J connectivity index is 1.57. The van der Waals surface area contributed by atoms with Gasteiger partial charge in [-0.15, -0.1) is 0 Å². The van der Waals surface area contributed by atoms with Crippen LogP contribution in [0.1, 0.15) is 6.42 Å². The van der Waals surface area contributed by atoms with Gasteiger partial charge in [-0.25, -0.2) is 15.0 Å². The van der Waals surface area contributed by atoms with E-state index >= 15 is 0 Å². The maximum atomic E-state index is 11.5. The molecule has 7 nitrogen and oxygen atoms in total. The fourth-order valence-electron chi connectivity index (χ4n) is 1.45. The van der Waals surface area contributed by atoms with Crippen molar-refractivity contribution < 1.29 is 9.53 Å². The molecule has 2 rings (SSSR count). The summed E-state index contributed by atoms with van der Waals surface area (Å²) in [6.45, 7) is 1.34. The number of carbonyl (C=O) groups is 1. The number of ether oxygens (including phenoxy) is 1. The summed E-state index contributed by atoms with van der Waals surface area (Å²) in [5, 5.41) is 2.76. The smallest absolute Gasteiger partial charge is 0.316 e. The zero-order valence-corrected chi connectivity index (χ0v) is 10.4. The zero-order chi connectivity index (χ0) is 13.3. The summed E-state index contributed by atoms with van der Waals surface area (Å²) in [7, 11) is 0. The van der Waals surface area contributed by atoms with Gasteiger partial charge in [-0.1, -0.05) is 0 Å². The van der Waals surface area contributed by atoms with Gasteiger partial charge in [-0.3, -0.25) is 4.79 Å². The lowest BCUT2D eigenvalue weighted by Crippen LogP contribution is -2.30. The minimum atomic E-state index is -0.182. The van der Waals surface area contributed by atoms with Crippen LogP contribution in [-0.2, 0) is 11.3 Å². The number of carbonyl (C=O) groups excluding carboxylic acids is 1. The highest BCUT2D eigenvalue weighted by atomic mass is 16.5. The number of rotatable bonds is 7. The first kappa shape index (κ1) is 13.0. The Labute approximate surface area is 110 Å². The fourth-order valence-corrected chi connectivity index (χ4v) is 1.45. The first-order valence-corrected chi connectivity index (χ1v) is 5.97. The van der Waals surface area contributed by atoms with Gasteiger partial charge in [0.2, 0.25) is 0 Å². The van der Waals surface area contributed by atoms with Gasteiger partial charge in [0.25, 0.3) is 5.91 Å². The third-order valence-corrected chi connectivity index (χ3v) is 2.35. The maximum absolute atomic E-state index is 11.5. The lowest BCUT2D eigenvalue weighted by molar-refractivity contribution is -0.123. The number of hydrogen-bond donors (Lipinski definition) is 1. The molecule has 0 radical (unpaired) electrons. The van der Waals surface area contributed by atoms with E-state index in [1.165, 1.54) is 0 Å². The minimum Gasteiger partial charge on any atom is -0.453 e. The maximum Gasteiger partial charge on any atom is 0.316 e. The first-order chi connectivity index (χ1) is 9.34. The number of imidazole rings is 1. The Bertz CT molecular complexity index is 486. The largest absolute Gasteiger partial charge is 0.453 e. The van der Waals surface area contributed by atoms with Gasteiger partial charge in [0.05, 0.1) is 6.33 Å². The molecule has 0 aliphatic rings. The molecule has 2 aromatic rings. The van der Waals surface area contributed by atoms with Crippen molar-refractivity contribution in [3.8, 4) is 6.01 Å². The van der Waals surface area contributed by atoms with Crippen molar-refractivity contribution in [3.05, 3.63) is 37.2 Å².